The zero-order chi connectivity index (χ0) is 16.6. The molecule has 1 aliphatic carbocycles. The molecule has 0 radical (unpaired) electrons. The molecule has 3 aliphatic rings. The third kappa shape index (κ3) is 2.85. The number of nitrogens with zero attached hydrogens (tertiary/aromatic N) is 3. The summed E-state index contributed by atoms with van der Waals surface area (Å²) in [6.07, 6.45) is 10.3. The maximum Gasteiger partial charge on any atom is 0.230 e. The zero-order valence-electron chi connectivity index (χ0n) is 14.8. The van der Waals surface area contributed by atoms with Crippen LogP contribution in [0.2, 0.25) is 0 Å². The highest BCUT2D eigenvalue weighted by atomic mass is 16.2. The van der Waals surface area contributed by atoms with Gasteiger partial charge in [-0.05, 0) is 42.7 Å². The molecule has 0 aromatic carbocycles. The lowest BCUT2D eigenvalue weighted by molar-refractivity contribution is -0.137. The van der Waals surface area contributed by atoms with Crippen LogP contribution in [0.25, 0.3) is 0 Å². The van der Waals surface area contributed by atoms with Gasteiger partial charge in [0.25, 0.3) is 0 Å². The fourth-order valence-electron chi connectivity index (χ4n) is 5.20. The van der Waals surface area contributed by atoms with Crippen molar-refractivity contribution in [2.75, 3.05) is 26.2 Å². The van der Waals surface area contributed by atoms with Crippen molar-refractivity contribution >= 4 is 5.91 Å². The molecular weight excluding hydrogens is 298 g/mol. The van der Waals surface area contributed by atoms with Gasteiger partial charge < -0.3 is 9.80 Å². The molecule has 1 aromatic rings. The Morgan fingerprint density at radius 3 is 2.92 bits per heavy atom. The second-order valence-electron chi connectivity index (χ2n) is 8.24. The fourth-order valence-corrected chi connectivity index (χ4v) is 5.20. The van der Waals surface area contributed by atoms with Crippen molar-refractivity contribution in [3.63, 3.8) is 0 Å². The van der Waals surface area contributed by atoms with Crippen molar-refractivity contribution in [1.29, 1.82) is 0 Å². The molecule has 1 saturated carbocycles. The molecule has 130 valence electrons. The van der Waals surface area contributed by atoms with E-state index in [9.17, 15) is 4.79 Å². The summed E-state index contributed by atoms with van der Waals surface area (Å²) in [5, 5.41) is 0. The molecule has 4 nitrogen and oxygen atoms in total. The van der Waals surface area contributed by atoms with E-state index in [-0.39, 0.29) is 5.41 Å². The van der Waals surface area contributed by atoms with E-state index in [1.54, 1.807) is 6.20 Å². The number of amides is 1. The van der Waals surface area contributed by atoms with Crippen LogP contribution in [0, 0.1) is 17.3 Å². The van der Waals surface area contributed by atoms with Crippen molar-refractivity contribution in [1.82, 2.24) is 14.8 Å². The van der Waals surface area contributed by atoms with E-state index >= 15 is 0 Å². The summed E-state index contributed by atoms with van der Waals surface area (Å²) in [6, 6.07) is 4.02. The van der Waals surface area contributed by atoms with E-state index in [0.29, 0.717) is 18.4 Å². The van der Waals surface area contributed by atoms with Crippen LogP contribution in [-0.4, -0.2) is 46.9 Å². The van der Waals surface area contributed by atoms with Gasteiger partial charge in [-0.2, -0.15) is 0 Å². The van der Waals surface area contributed by atoms with Crippen LogP contribution in [-0.2, 0) is 11.3 Å². The summed E-state index contributed by atoms with van der Waals surface area (Å²) in [5.41, 5.74) is 1.01. The minimum Gasteiger partial charge on any atom is -0.338 e. The average molecular weight is 327 g/mol. The Kier molecular flexibility index (Phi) is 4.33. The number of aromatic nitrogens is 1. The van der Waals surface area contributed by atoms with Gasteiger partial charge in [0, 0.05) is 45.1 Å². The van der Waals surface area contributed by atoms with Gasteiger partial charge in [-0.25, -0.2) is 0 Å². The van der Waals surface area contributed by atoms with Gasteiger partial charge in [-0.3, -0.25) is 9.78 Å². The van der Waals surface area contributed by atoms with E-state index in [1.165, 1.54) is 32.2 Å². The summed E-state index contributed by atoms with van der Waals surface area (Å²) in [5.74, 6) is 1.73. The quantitative estimate of drug-likeness (QED) is 0.853. The molecule has 4 rings (SSSR count). The Bertz CT molecular complexity index is 584. The summed E-state index contributed by atoms with van der Waals surface area (Å²) in [6.45, 7) is 7.19. The monoisotopic (exact) mass is 327 g/mol. The molecule has 3 fully saturated rings. The topological polar surface area (TPSA) is 36.4 Å². The Labute approximate surface area is 145 Å². The fraction of sp³-hybridized carbons (Fsp3) is 0.700. The largest absolute Gasteiger partial charge is 0.338 e. The first-order valence-electron chi connectivity index (χ1n) is 9.58. The molecule has 24 heavy (non-hydrogen) atoms. The van der Waals surface area contributed by atoms with Crippen LogP contribution in [0.15, 0.2) is 24.5 Å². The minimum atomic E-state index is -0.124. The molecule has 0 unspecified atom stereocenters. The van der Waals surface area contributed by atoms with Gasteiger partial charge in [0.15, 0.2) is 0 Å². The summed E-state index contributed by atoms with van der Waals surface area (Å²) >= 11 is 0. The molecule has 4 heteroatoms. The zero-order valence-corrected chi connectivity index (χ0v) is 14.8. The summed E-state index contributed by atoms with van der Waals surface area (Å²) in [4.78, 5) is 22.0. The number of rotatable bonds is 4. The molecular formula is C20H29N3O. The Hall–Kier alpha value is -1.42. The first-order chi connectivity index (χ1) is 11.7. The lowest BCUT2D eigenvalue weighted by atomic mass is 9.78. The van der Waals surface area contributed by atoms with Crippen LogP contribution < -0.4 is 0 Å². The average Bonchev–Trinajstić information content (AvgIpc) is 3.27. The van der Waals surface area contributed by atoms with Crippen LogP contribution in [0.3, 0.4) is 0 Å². The maximum absolute atomic E-state index is 13.2. The number of hydrogen-bond acceptors (Lipinski definition) is 3. The highest BCUT2D eigenvalue weighted by molar-refractivity contribution is 5.86. The Morgan fingerprint density at radius 2 is 2.17 bits per heavy atom. The predicted molar refractivity (Wildman–Crippen MR) is 94.3 cm³/mol. The first kappa shape index (κ1) is 16.1. The van der Waals surface area contributed by atoms with E-state index in [4.69, 9.17) is 0 Å². The first-order valence-corrected chi connectivity index (χ1v) is 9.58. The van der Waals surface area contributed by atoms with Gasteiger partial charge in [0.1, 0.15) is 0 Å². The van der Waals surface area contributed by atoms with Gasteiger partial charge >= 0.3 is 0 Å². The van der Waals surface area contributed by atoms with Gasteiger partial charge in [0.05, 0.1) is 5.41 Å². The lowest BCUT2D eigenvalue weighted by Crippen LogP contribution is -2.39. The van der Waals surface area contributed by atoms with E-state index in [2.05, 4.69) is 27.8 Å². The normalized spacial score (nSPS) is 31.6. The molecule has 2 saturated heterocycles. The van der Waals surface area contributed by atoms with Gasteiger partial charge in [-0.15, -0.1) is 0 Å². The lowest BCUT2D eigenvalue weighted by Gasteiger charge is -2.27. The van der Waals surface area contributed by atoms with Crippen molar-refractivity contribution in [3.05, 3.63) is 30.1 Å². The number of likely N-dealkylation sites (tertiary alicyclic amines) is 2. The van der Waals surface area contributed by atoms with Crippen molar-refractivity contribution in [2.24, 2.45) is 17.3 Å². The van der Waals surface area contributed by atoms with Crippen molar-refractivity contribution < 1.29 is 4.79 Å². The molecule has 2 aliphatic heterocycles. The van der Waals surface area contributed by atoms with Gasteiger partial charge in [-0.1, -0.05) is 25.8 Å². The smallest absolute Gasteiger partial charge is 0.230 e. The molecule has 0 bridgehead atoms. The number of carbonyl (C=O) groups excluding carboxylic acids is 1. The number of hydrogen-bond donors (Lipinski definition) is 0. The maximum atomic E-state index is 13.2. The molecule has 1 amide bonds. The Morgan fingerprint density at radius 1 is 1.33 bits per heavy atom. The van der Waals surface area contributed by atoms with Gasteiger partial charge in [0.2, 0.25) is 5.91 Å². The van der Waals surface area contributed by atoms with Crippen LogP contribution >= 0.6 is 0 Å². The molecule has 1 aromatic heterocycles. The third-order valence-corrected chi connectivity index (χ3v) is 6.61. The van der Waals surface area contributed by atoms with E-state index < -0.39 is 0 Å². The summed E-state index contributed by atoms with van der Waals surface area (Å²) < 4.78 is 0. The van der Waals surface area contributed by atoms with Crippen LogP contribution in [0.5, 0.6) is 0 Å². The predicted octanol–water partition coefficient (Wildman–Crippen LogP) is 2.94. The van der Waals surface area contributed by atoms with Crippen molar-refractivity contribution in [3.8, 4) is 0 Å². The third-order valence-electron chi connectivity index (χ3n) is 6.61. The van der Waals surface area contributed by atoms with Crippen LogP contribution in [0.1, 0.15) is 44.6 Å². The number of carbonyl (C=O) groups is 1. The highest BCUT2D eigenvalue weighted by Crippen LogP contribution is 2.45. The SMILES string of the molecule is C[C@@H]1CN(CC2CCCC2)C[C@]12CCN(Cc1cccnc1)C2=O. The second kappa shape index (κ2) is 6.47. The highest BCUT2D eigenvalue weighted by Gasteiger charge is 2.54. The van der Waals surface area contributed by atoms with E-state index in [1.807, 2.05) is 12.3 Å². The van der Waals surface area contributed by atoms with E-state index in [0.717, 1.165) is 37.5 Å². The number of pyridine rings is 1. The molecule has 0 N–H and O–H groups in total. The molecule has 3 heterocycles. The second-order valence-corrected chi connectivity index (χ2v) is 8.24. The molecule has 1 spiro atoms. The summed E-state index contributed by atoms with van der Waals surface area (Å²) in [7, 11) is 0. The van der Waals surface area contributed by atoms with Crippen molar-refractivity contribution in [2.45, 2.75) is 45.6 Å². The minimum absolute atomic E-state index is 0.124. The van der Waals surface area contributed by atoms with Crippen LogP contribution in [0.4, 0.5) is 0 Å². The molecule has 2 atom stereocenters. The Balaban J connectivity index is 1.42. The standard InChI is InChI=1S/C20H29N3O/c1-16-12-22(13-17-5-2-3-6-17)15-20(16)8-10-23(19(20)24)14-18-7-4-9-21-11-18/h4,7,9,11,16-17H,2-3,5-6,8,10,12-15H2,1H3/t16-,20-/m1/s1.